The first-order chi connectivity index (χ1) is 8.74. The second-order valence-electron chi connectivity index (χ2n) is 4.39. The molecule has 18 heavy (non-hydrogen) atoms. The van der Waals surface area contributed by atoms with E-state index in [9.17, 15) is 9.59 Å². The molecule has 0 saturated heterocycles. The van der Waals surface area contributed by atoms with Crippen molar-refractivity contribution in [3.8, 4) is 0 Å². The van der Waals surface area contributed by atoms with Crippen LogP contribution in [0.1, 0.15) is 26.2 Å². The SMILES string of the molecule is CCCCCNC(=O)C1=CC=CC2=NNC(=O)C12. The maximum atomic E-state index is 12.0. The molecule has 5 nitrogen and oxygen atoms in total. The van der Waals surface area contributed by atoms with Crippen molar-refractivity contribution in [2.75, 3.05) is 6.54 Å². The quantitative estimate of drug-likeness (QED) is 0.708. The molecule has 1 heterocycles. The summed E-state index contributed by atoms with van der Waals surface area (Å²) in [4.78, 5) is 23.6. The minimum atomic E-state index is -0.541. The lowest BCUT2D eigenvalue weighted by Crippen LogP contribution is -2.35. The van der Waals surface area contributed by atoms with Crippen molar-refractivity contribution in [3.05, 3.63) is 23.8 Å². The fraction of sp³-hybridized carbons (Fsp3) is 0.462. The molecule has 0 saturated carbocycles. The normalized spacial score (nSPS) is 20.9. The molecule has 96 valence electrons. The molecule has 2 rings (SSSR count). The second-order valence-corrected chi connectivity index (χ2v) is 4.39. The highest BCUT2D eigenvalue weighted by molar-refractivity contribution is 6.21. The minimum absolute atomic E-state index is 0.176. The van der Waals surface area contributed by atoms with E-state index in [2.05, 4.69) is 22.8 Å². The number of carbonyl (C=O) groups excluding carboxylic acids is 2. The van der Waals surface area contributed by atoms with Crippen LogP contribution >= 0.6 is 0 Å². The van der Waals surface area contributed by atoms with Crippen LogP contribution in [0.3, 0.4) is 0 Å². The van der Waals surface area contributed by atoms with Crippen LogP contribution in [-0.4, -0.2) is 24.1 Å². The highest BCUT2D eigenvalue weighted by Crippen LogP contribution is 2.22. The van der Waals surface area contributed by atoms with E-state index in [0.717, 1.165) is 19.3 Å². The second kappa shape index (κ2) is 5.62. The molecule has 0 bridgehead atoms. The molecule has 5 heteroatoms. The summed E-state index contributed by atoms with van der Waals surface area (Å²) in [5.74, 6) is -0.948. The molecule has 1 atom stereocenters. The van der Waals surface area contributed by atoms with Gasteiger partial charge in [0.25, 0.3) is 5.91 Å². The van der Waals surface area contributed by atoms with Gasteiger partial charge in [0.05, 0.1) is 5.71 Å². The number of hydrogen-bond donors (Lipinski definition) is 2. The average molecular weight is 247 g/mol. The number of hydrogen-bond acceptors (Lipinski definition) is 3. The Morgan fingerprint density at radius 2 is 2.33 bits per heavy atom. The Morgan fingerprint density at radius 3 is 3.11 bits per heavy atom. The molecule has 0 aromatic carbocycles. The van der Waals surface area contributed by atoms with Gasteiger partial charge in [-0.2, -0.15) is 5.10 Å². The van der Waals surface area contributed by atoms with Crippen molar-refractivity contribution in [1.29, 1.82) is 0 Å². The average Bonchev–Trinajstić information content (AvgIpc) is 2.76. The Kier molecular flexibility index (Phi) is 3.92. The van der Waals surface area contributed by atoms with E-state index in [0.29, 0.717) is 17.8 Å². The third-order valence-corrected chi connectivity index (χ3v) is 3.03. The fourth-order valence-corrected chi connectivity index (χ4v) is 2.05. The largest absolute Gasteiger partial charge is 0.352 e. The first-order valence-corrected chi connectivity index (χ1v) is 6.28. The van der Waals surface area contributed by atoms with Gasteiger partial charge in [-0.3, -0.25) is 9.59 Å². The number of hydrazone groups is 1. The molecule has 1 aliphatic carbocycles. The monoisotopic (exact) mass is 247 g/mol. The Morgan fingerprint density at radius 1 is 1.50 bits per heavy atom. The van der Waals surface area contributed by atoms with E-state index in [-0.39, 0.29) is 11.8 Å². The van der Waals surface area contributed by atoms with Crippen LogP contribution in [0.15, 0.2) is 28.9 Å². The summed E-state index contributed by atoms with van der Waals surface area (Å²) in [5.41, 5.74) is 3.49. The summed E-state index contributed by atoms with van der Waals surface area (Å²) in [6, 6.07) is 0. The Hall–Kier alpha value is -1.91. The lowest BCUT2D eigenvalue weighted by atomic mass is 9.89. The van der Waals surface area contributed by atoms with Gasteiger partial charge < -0.3 is 5.32 Å². The van der Waals surface area contributed by atoms with Gasteiger partial charge in [-0.1, -0.05) is 31.9 Å². The van der Waals surface area contributed by atoms with Crippen molar-refractivity contribution in [1.82, 2.24) is 10.7 Å². The van der Waals surface area contributed by atoms with Crippen LogP contribution in [0.25, 0.3) is 0 Å². The predicted molar refractivity (Wildman–Crippen MR) is 68.8 cm³/mol. The molecule has 0 fully saturated rings. The maximum Gasteiger partial charge on any atom is 0.253 e. The van der Waals surface area contributed by atoms with E-state index in [1.54, 1.807) is 18.2 Å². The van der Waals surface area contributed by atoms with E-state index >= 15 is 0 Å². The number of fused-ring (bicyclic) bond motifs is 1. The third kappa shape index (κ3) is 2.50. The first-order valence-electron chi connectivity index (χ1n) is 6.28. The zero-order valence-electron chi connectivity index (χ0n) is 10.4. The number of allylic oxidation sites excluding steroid dienone is 3. The summed E-state index contributed by atoms with van der Waals surface area (Å²) in [6.07, 6.45) is 8.35. The highest BCUT2D eigenvalue weighted by atomic mass is 16.2. The van der Waals surface area contributed by atoms with Gasteiger partial charge in [0.1, 0.15) is 5.92 Å². The lowest BCUT2D eigenvalue weighted by molar-refractivity contribution is -0.124. The Balaban J connectivity index is 1.97. The summed E-state index contributed by atoms with van der Waals surface area (Å²) in [5, 5.41) is 6.73. The molecule has 2 aliphatic rings. The molecule has 0 radical (unpaired) electrons. The topological polar surface area (TPSA) is 70.6 Å². The molecule has 0 aromatic rings. The Bertz CT molecular complexity index is 449. The lowest BCUT2D eigenvalue weighted by Gasteiger charge is -2.15. The summed E-state index contributed by atoms with van der Waals surface area (Å²) >= 11 is 0. The van der Waals surface area contributed by atoms with Gasteiger partial charge in [-0.25, -0.2) is 5.43 Å². The summed E-state index contributed by atoms with van der Waals surface area (Å²) in [7, 11) is 0. The van der Waals surface area contributed by atoms with Gasteiger partial charge in [0, 0.05) is 12.1 Å². The van der Waals surface area contributed by atoms with Crippen molar-refractivity contribution < 1.29 is 9.59 Å². The van der Waals surface area contributed by atoms with Crippen LogP contribution < -0.4 is 10.7 Å². The number of nitrogens with one attached hydrogen (secondary N) is 2. The fourth-order valence-electron chi connectivity index (χ4n) is 2.05. The number of nitrogens with zero attached hydrogens (tertiary/aromatic N) is 1. The van der Waals surface area contributed by atoms with E-state index in [4.69, 9.17) is 0 Å². The molecule has 2 N–H and O–H groups in total. The summed E-state index contributed by atoms with van der Waals surface area (Å²) in [6.45, 7) is 2.76. The molecule has 1 aliphatic heterocycles. The molecule has 2 amide bonds. The van der Waals surface area contributed by atoms with E-state index < -0.39 is 5.92 Å². The van der Waals surface area contributed by atoms with Gasteiger partial charge in [0.15, 0.2) is 0 Å². The van der Waals surface area contributed by atoms with Gasteiger partial charge in [0.2, 0.25) is 5.91 Å². The zero-order chi connectivity index (χ0) is 13.0. The van der Waals surface area contributed by atoms with Crippen LogP contribution in [0, 0.1) is 5.92 Å². The number of carbonyl (C=O) groups is 2. The van der Waals surface area contributed by atoms with Crippen LogP contribution in [0.2, 0.25) is 0 Å². The van der Waals surface area contributed by atoms with Crippen molar-refractivity contribution >= 4 is 17.5 Å². The number of amides is 2. The minimum Gasteiger partial charge on any atom is -0.352 e. The summed E-state index contributed by atoms with van der Waals surface area (Å²) < 4.78 is 0. The van der Waals surface area contributed by atoms with E-state index in [1.165, 1.54) is 0 Å². The van der Waals surface area contributed by atoms with Gasteiger partial charge >= 0.3 is 0 Å². The maximum absolute atomic E-state index is 12.0. The van der Waals surface area contributed by atoms with Crippen LogP contribution in [-0.2, 0) is 9.59 Å². The van der Waals surface area contributed by atoms with Crippen LogP contribution in [0.4, 0.5) is 0 Å². The number of unbranched alkanes of at least 4 members (excludes halogenated alkanes) is 2. The first kappa shape index (κ1) is 12.5. The Labute approximate surface area is 106 Å². The number of rotatable bonds is 5. The highest BCUT2D eigenvalue weighted by Gasteiger charge is 2.36. The van der Waals surface area contributed by atoms with Crippen molar-refractivity contribution in [3.63, 3.8) is 0 Å². The standard InChI is InChI=1S/C13H17N3O2/c1-2-3-4-8-14-12(17)9-6-5-7-10-11(9)13(18)16-15-10/h5-7,11H,2-4,8H2,1H3,(H,14,17)(H,16,18). The van der Waals surface area contributed by atoms with Gasteiger partial charge in [-0.05, 0) is 12.5 Å². The van der Waals surface area contributed by atoms with Crippen molar-refractivity contribution in [2.24, 2.45) is 11.0 Å². The molecule has 0 aromatic heterocycles. The zero-order valence-corrected chi connectivity index (χ0v) is 10.4. The molecular weight excluding hydrogens is 230 g/mol. The molecule has 1 unspecified atom stereocenters. The molecule has 0 spiro atoms. The smallest absolute Gasteiger partial charge is 0.253 e. The van der Waals surface area contributed by atoms with Gasteiger partial charge in [-0.15, -0.1) is 0 Å². The molecular formula is C13H17N3O2. The predicted octanol–water partition coefficient (Wildman–Crippen LogP) is 0.891. The van der Waals surface area contributed by atoms with E-state index in [1.807, 2.05) is 0 Å². The van der Waals surface area contributed by atoms with Crippen molar-refractivity contribution in [2.45, 2.75) is 26.2 Å². The van der Waals surface area contributed by atoms with Crippen LogP contribution in [0.5, 0.6) is 0 Å². The third-order valence-electron chi connectivity index (χ3n) is 3.03.